The summed E-state index contributed by atoms with van der Waals surface area (Å²) in [5.41, 5.74) is 3.10. The van der Waals surface area contributed by atoms with Crippen molar-refractivity contribution in [2.24, 2.45) is 17.0 Å². The largest absolute Gasteiger partial charge is 0.390 e. The SMILES string of the molecule is CC[C@H](C)[C@@H](C(=O)N[C@@H](Cc1ccccc1)[C@H](O)CN(CC1CCCC1)S(=O)(=O)c1ccc(CN=O)cc1)N1CCN(Cc2cccc(C)n2)C1=O. The maximum atomic E-state index is 14.4. The molecular formula is C39H52N6O6S. The van der Waals surface area contributed by atoms with Crippen molar-refractivity contribution in [3.05, 3.63) is 100 Å². The summed E-state index contributed by atoms with van der Waals surface area (Å²) in [4.78, 5) is 46.8. The third-order valence-corrected chi connectivity index (χ3v) is 12.3. The number of amides is 3. The number of carbonyl (C=O) groups is 2. The summed E-state index contributed by atoms with van der Waals surface area (Å²) in [7, 11) is -4.05. The second kappa shape index (κ2) is 18.0. The first-order chi connectivity index (χ1) is 25.0. The van der Waals surface area contributed by atoms with Crippen LogP contribution in [-0.2, 0) is 34.3 Å². The number of rotatable bonds is 18. The fourth-order valence-electron chi connectivity index (χ4n) is 7.32. The van der Waals surface area contributed by atoms with Crippen molar-refractivity contribution in [1.82, 2.24) is 24.4 Å². The molecule has 2 fully saturated rings. The zero-order valence-corrected chi connectivity index (χ0v) is 31.2. The van der Waals surface area contributed by atoms with Gasteiger partial charge in [-0.05, 0) is 73.4 Å². The molecule has 12 nitrogen and oxygen atoms in total. The highest BCUT2D eigenvalue weighted by atomic mass is 32.2. The molecule has 1 aromatic heterocycles. The lowest BCUT2D eigenvalue weighted by molar-refractivity contribution is -0.128. The van der Waals surface area contributed by atoms with E-state index in [-0.39, 0.29) is 54.7 Å². The van der Waals surface area contributed by atoms with Crippen molar-refractivity contribution in [2.45, 2.75) is 95.5 Å². The van der Waals surface area contributed by atoms with Crippen LogP contribution in [0.4, 0.5) is 4.79 Å². The van der Waals surface area contributed by atoms with Gasteiger partial charge in [0.05, 0.1) is 29.3 Å². The number of hydrogen-bond acceptors (Lipinski definition) is 8. The number of nitroso groups, excluding NO2 is 1. The lowest BCUT2D eigenvalue weighted by Crippen LogP contribution is -2.57. The van der Waals surface area contributed by atoms with Crippen molar-refractivity contribution in [3.63, 3.8) is 0 Å². The predicted molar refractivity (Wildman–Crippen MR) is 199 cm³/mol. The average molecular weight is 733 g/mol. The summed E-state index contributed by atoms with van der Waals surface area (Å²) in [6.45, 7) is 6.92. The molecule has 3 aromatic rings. The van der Waals surface area contributed by atoms with Crippen molar-refractivity contribution >= 4 is 22.0 Å². The molecule has 2 aromatic carbocycles. The zero-order chi connectivity index (χ0) is 37.3. The predicted octanol–water partition coefficient (Wildman–Crippen LogP) is 5.28. The van der Waals surface area contributed by atoms with Gasteiger partial charge in [-0.1, -0.05) is 86.8 Å². The van der Waals surface area contributed by atoms with Gasteiger partial charge in [0.15, 0.2) is 0 Å². The number of nitrogens with zero attached hydrogens (tertiary/aromatic N) is 5. The van der Waals surface area contributed by atoms with Crippen LogP contribution in [0, 0.1) is 23.7 Å². The molecule has 4 atom stereocenters. The average Bonchev–Trinajstić information content (AvgIpc) is 3.78. The summed E-state index contributed by atoms with van der Waals surface area (Å²) in [5, 5.41) is 17.9. The second-order valence-electron chi connectivity index (χ2n) is 14.3. The zero-order valence-electron chi connectivity index (χ0n) is 30.4. The van der Waals surface area contributed by atoms with E-state index in [1.807, 2.05) is 69.3 Å². The lowest BCUT2D eigenvalue weighted by Gasteiger charge is -2.35. The number of sulfonamides is 1. The van der Waals surface area contributed by atoms with Gasteiger partial charge < -0.3 is 20.2 Å². The van der Waals surface area contributed by atoms with Crippen molar-refractivity contribution in [3.8, 4) is 0 Å². The van der Waals surface area contributed by atoms with Crippen LogP contribution in [0.25, 0.3) is 0 Å². The first-order valence-electron chi connectivity index (χ1n) is 18.4. The Kier molecular flexibility index (Phi) is 13.5. The van der Waals surface area contributed by atoms with E-state index in [9.17, 15) is 28.0 Å². The van der Waals surface area contributed by atoms with Gasteiger partial charge in [-0.2, -0.15) is 9.21 Å². The van der Waals surface area contributed by atoms with Crippen LogP contribution in [0.15, 0.2) is 82.9 Å². The Labute approximate surface area is 307 Å². The summed E-state index contributed by atoms with van der Waals surface area (Å²) >= 11 is 0. The van der Waals surface area contributed by atoms with Gasteiger partial charge >= 0.3 is 6.03 Å². The molecule has 0 bridgehead atoms. The number of nitrogens with one attached hydrogen (secondary N) is 1. The third-order valence-electron chi connectivity index (χ3n) is 10.4. The number of benzene rings is 2. The number of aliphatic hydroxyl groups excluding tert-OH is 1. The van der Waals surface area contributed by atoms with Crippen molar-refractivity contribution in [1.29, 1.82) is 0 Å². The minimum Gasteiger partial charge on any atom is -0.390 e. The number of carbonyl (C=O) groups excluding carboxylic acids is 2. The Morgan fingerprint density at radius 1 is 1.02 bits per heavy atom. The molecule has 2 heterocycles. The quantitative estimate of drug-likeness (QED) is 0.169. The molecule has 1 aliphatic heterocycles. The minimum absolute atomic E-state index is 0.0609. The van der Waals surface area contributed by atoms with E-state index in [4.69, 9.17) is 0 Å². The van der Waals surface area contributed by atoms with E-state index in [0.29, 0.717) is 31.6 Å². The lowest BCUT2D eigenvalue weighted by atomic mass is 9.95. The van der Waals surface area contributed by atoms with Crippen LogP contribution >= 0.6 is 0 Å². The van der Waals surface area contributed by atoms with Crippen LogP contribution in [0.3, 0.4) is 0 Å². The number of aromatic nitrogens is 1. The number of urea groups is 1. The second-order valence-corrected chi connectivity index (χ2v) is 16.2. The van der Waals surface area contributed by atoms with Crippen LogP contribution < -0.4 is 5.32 Å². The third kappa shape index (κ3) is 9.81. The van der Waals surface area contributed by atoms with Gasteiger partial charge in [-0.15, -0.1) is 0 Å². The standard InChI is InChI=1S/C39H52N6O6S/c1-4-28(2)37(45-22-21-43(39(45)48)26-33-16-10-11-29(3)41-33)38(47)42-35(23-30-12-6-5-7-13-30)36(46)27-44(25-32-14-8-9-15-32)52(50,51)34-19-17-31(18-20-34)24-40-49/h5-7,10-13,16-20,28,32,35-37,46H,4,8-9,14-15,21-27H2,1-3H3,(H,42,47)/t28-,35-,36+,37-/m0/s1. The highest BCUT2D eigenvalue weighted by Gasteiger charge is 2.41. The number of aryl methyl sites for hydroxylation is 1. The molecule has 0 unspecified atom stereocenters. The fraction of sp³-hybridized carbons (Fsp3) is 0.513. The number of hydrogen-bond donors (Lipinski definition) is 2. The monoisotopic (exact) mass is 732 g/mol. The highest BCUT2D eigenvalue weighted by Crippen LogP contribution is 2.29. The molecule has 0 radical (unpaired) electrons. The molecular weight excluding hydrogens is 681 g/mol. The van der Waals surface area contributed by atoms with Crippen LogP contribution in [0.5, 0.6) is 0 Å². The van der Waals surface area contributed by atoms with Crippen LogP contribution in [-0.4, -0.2) is 88.9 Å². The molecule has 280 valence electrons. The number of aliphatic hydroxyl groups is 1. The fourth-order valence-corrected chi connectivity index (χ4v) is 8.85. The first-order valence-corrected chi connectivity index (χ1v) is 19.8. The van der Waals surface area contributed by atoms with Crippen LogP contribution in [0.2, 0.25) is 0 Å². The molecule has 1 saturated carbocycles. The molecule has 3 amide bonds. The molecule has 1 saturated heterocycles. The minimum atomic E-state index is -4.05. The summed E-state index contributed by atoms with van der Waals surface area (Å²) < 4.78 is 29.6. The molecule has 52 heavy (non-hydrogen) atoms. The first kappa shape index (κ1) is 39.0. The van der Waals surface area contributed by atoms with E-state index in [2.05, 4.69) is 15.5 Å². The normalized spacial score (nSPS) is 17.7. The van der Waals surface area contributed by atoms with Gasteiger partial charge in [-0.3, -0.25) is 9.78 Å². The Balaban J connectivity index is 1.39. The highest BCUT2D eigenvalue weighted by molar-refractivity contribution is 7.89. The topological polar surface area (TPSA) is 153 Å². The summed E-state index contributed by atoms with van der Waals surface area (Å²) in [5.74, 6) is -0.425. The summed E-state index contributed by atoms with van der Waals surface area (Å²) in [6, 6.07) is 19.3. The molecule has 2 aliphatic rings. The van der Waals surface area contributed by atoms with Crippen LogP contribution in [0.1, 0.15) is 68.5 Å². The maximum Gasteiger partial charge on any atom is 0.321 e. The van der Waals surface area contributed by atoms with Gasteiger partial charge in [0.2, 0.25) is 15.9 Å². The van der Waals surface area contributed by atoms with Gasteiger partial charge in [0.1, 0.15) is 12.6 Å². The van der Waals surface area contributed by atoms with E-state index in [0.717, 1.165) is 42.6 Å². The van der Waals surface area contributed by atoms with E-state index >= 15 is 0 Å². The van der Waals surface area contributed by atoms with Crippen molar-refractivity contribution < 1.29 is 23.1 Å². The van der Waals surface area contributed by atoms with E-state index in [1.54, 1.807) is 21.9 Å². The number of pyridine rings is 1. The Morgan fingerprint density at radius 3 is 2.38 bits per heavy atom. The van der Waals surface area contributed by atoms with Crippen molar-refractivity contribution in [2.75, 3.05) is 26.2 Å². The van der Waals surface area contributed by atoms with E-state index in [1.165, 1.54) is 16.4 Å². The van der Waals surface area contributed by atoms with Gasteiger partial charge in [0.25, 0.3) is 0 Å². The van der Waals surface area contributed by atoms with E-state index < -0.39 is 28.2 Å². The molecule has 13 heteroatoms. The summed E-state index contributed by atoms with van der Waals surface area (Å²) in [6.07, 6.45) is 3.46. The Bertz CT molecular complexity index is 1750. The Hall–Kier alpha value is -4.20. The maximum absolute atomic E-state index is 14.4. The molecule has 1 aliphatic carbocycles. The molecule has 2 N–H and O–H groups in total. The molecule has 5 rings (SSSR count). The van der Waals surface area contributed by atoms with Gasteiger partial charge in [0, 0.05) is 31.9 Å². The Morgan fingerprint density at radius 2 is 1.73 bits per heavy atom. The molecule has 0 spiro atoms. The van der Waals surface area contributed by atoms with Gasteiger partial charge in [-0.25, -0.2) is 13.2 Å². The smallest absolute Gasteiger partial charge is 0.321 e.